The van der Waals surface area contributed by atoms with Gasteiger partial charge in [-0.15, -0.1) is 0 Å². The van der Waals surface area contributed by atoms with Gasteiger partial charge in [0.05, 0.1) is 5.02 Å². The number of phenolic OH excluding ortho intramolecular Hbond substituents is 1. The van der Waals surface area contributed by atoms with E-state index >= 15 is 0 Å². The normalized spacial score (nSPS) is 11.9. The molecule has 1 amide bonds. The summed E-state index contributed by atoms with van der Waals surface area (Å²) < 4.78 is 0. The Morgan fingerprint density at radius 1 is 1.24 bits per heavy atom. The number of aromatic hydroxyl groups is 1. The predicted molar refractivity (Wildman–Crippen MR) is 84.8 cm³/mol. The van der Waals surface area contributed by atoms with E-state index in [9.17, 15) is 9.90 Å². The van der Waals surface area contributed by atoms with Crippen LogP contribution in [0.4, 0.5) is 0 Å². The molecule has 2 aromatic carbocycles. The van der Waals surface area contributed by atoms with E-state index in [2.05, 4.69) is 17.4 Å². The summed E-state index contributed by atoms with van der Waals surface area (Å²) >= 11 is 5.81. The minimum atomic E-state index is -0.183. The minimum absolute atomic E-state index is 0.0228. The number of benzene rings is 2. The highest BCUT2D eigenvalue weighted by Gasteiger charge is 2.11. The number of carbonyl (C=O) groups is 1. The second-order valence-corrected chi connectivity index (χ2v) is 5.47. The maximum absolute atomic E-state index is 12.1. The van der Waals surface area contributed by atoms with Gasteiger partial charge in [-0.1, -0.05) is 41.9 Å². The summed E-state index contributed by atoms with van der Waals surface area (Å²) in [6, 6.07) is 14.7. The number of nitrogens with one attached hydrogen (secondary N) is 1. The van der Waals surface area contributed by atoms with Crippen LogP contribution in [0.5, 0.6) is 5.75 Å². The minimum Gasteiger partial charge on any atom is -0.506 e. The Bertz CT molecular complexity index is 613. The average Bonchev–Trinajstić information content (AvgIpc) is 2.49. The standard InChI is InChI=1S/C17H18ClNO2/c1-12(7-8-13-5-3-2-4-6-13)19-17(21)14-9-10-16(20)15(18)11-14/h2-6,9-12,20H,7-8H2,1H3,(H,19,21). The van der Waals surface area contributed by atoms with E-state index in [4.69, 9.17) is 11.6 Å². The molecule has 0 saturated heterocycles. The van der Waals surface area contributed by atoms with Crippen molar-refractivity contribution in [3.05, 3.63) is 64.7 Å². The van der Waals surface area contributed by atoms with Crippen LogP contribution in [0.2, 0.25) is 5.02 Å². The molecule has 2 N–H and O–H groups in total. The highest BCUT2D eigenvalue weighted by Crippen LogP contribution is 2.23. The summed E-state index contributed by atoms with van der Waals surface area (Å²) in [6.07, 6.45) is 1.78. The second-order valence-electron chi connectivity index (χ2n) is 5.06. The summed E-state index contributed by atoms with van der Waals surface area (Å²) in [4.78, 5) is 12.1. The van der Waals surface area contributed by atoms with Crippen molar-refractivity contribution >= 4 is 17.5 Å². The van der Waals surface area contributed by atoms with Crippen LogP contribution in [-0.2, 0) is 6.42 Å². The molecule has 1 atom stereocenters. The van der Waals surface area contributed by atoms with Crippen LogP contribution in [0.25, 0.3) is 0 Å². The summed E-state index contributed by atoms with van der Waals surface area (Å²) in [6.45, 7) is 1.98. The van der Waals surface area contributed by atoms with Crippen LogP contribution in [-0.4, -0.2) is 17.1 Å². The first-order valence-corrected chi connectivity index (χ1v) is 7.27. The Morgan fingerprint density at radius 2 is 1.95 bits per heavy atom. The molecule has 0 spiro atoms. The first-order chi connectivity index (χ1) is 10.1. The number of phenols is 1. The van der Waals surface area contributed by atoms with Crippen molar-refractivity contribution in [3.8, 4) is 5.75 Å². The third-order valence-electron chi connectivity index (χ3n) is 3.30. The third kappa shape index (κ3) is 4.50. The van der Waals surface area contributed by atoms with Gasteiger partial charge in [-0.2, -0.15) is 0 Å². The third-order valence-corrected chi connectivity index (χ3v) is 3.60. The molecular weight excluding hydrogens is 286 g/mol. The van der Waals surface area contributed by atoms with Crippen LogP contribution < -0.4 is 5.32 Å². The highest BCUT2D eigenvalue weighted by atomic mass is 35.5. The van der Waals surface area contributed by atoms with Gasteiger partial charge in [0.2, 0.25) is 0 Å². The number of carbonyl (C=O) groups excluding carboxylic acids is 1. The monoisotopic (exact) mass is 303 g/mol. The fraction of sp³-hybridized carbons (Fsp3) is 0.235. The number of hydrogen-bond acceptors (Lipinski definition) is 2. The van der Waals surface area contributed by atoms with Gasteiger partial charge in [0, 0.05) is 11.6 Å². The second kappa shape index (κ2) is 7.14. The molecule has 110 valence electrons. The number of amides is 1. The molecule has 2 aromatic rings. The zero-order valence-electron chi connectivity index (χ0n) is 11.8. The van der Waals surface area contributed by atoms with Crippen LogP contribution in [0.3, 0.4) is 0 Å². The van der Waals surface area contributed by atoms with Crippen LogP contribution >= 0.6 is 11.6 Å². The van der Waals surface area contributed by atoms with E-state index in [0.29, 0.717) is 5.56 Å². The van der Waals surface area contributed by atoms with Crippen molar-refractivity contribution in [3.63, 3.8) is 0 Å². The van der Waals surface area contributed by atoms with Crippen molar-refractivity contribution in [2.24, 2.45) is 0 Å². The van der Waals surface area contributed by atoms with Gasteiger partial charge in [0.1, 0.15) is 5.75 Å². The van der Waals surface area contributed by atoms with E-state index < -0.39 is 0 Å². The van der Waals surface area contributed by atoms with Gasteiger partial charge in [-0.3, -0.25) is 4.79 Å². The van der Waals surface area contributed by atoms with Gasteiger partial charge in [0.25, 0.3) is 5.91 Å². The molecule has 3 nitrogen and oxygen atoms in total. The summed E-state index contributed by atoms with van der Waals surface area (Å²) in [5, 5.41) is 12.5. The Hall–Kier alpha value is -2.00. The Balaban J connectivity index is 1.88. The van der Waals surface area contributed by atoms with E-state index in [1.165, 1.54) is 17.7 Å². The van der Waals surface area contributed by atoms with E-state index in [0.717, 1.165) is 12.8 Å². The lowest BCUT2D eigenvalue weighted by atomic mass is 10.1. The van der Waals surface area contributed by atoms with E-state index in [-0.39, 0.29) is 22.7 Å². The first kappa shape index (κ1) is 15.4. The van der Waals surface area contributed by atoms with Crippen LogP contribution in [0.15, 0.2) is 48.5 Å². The number of hydrogen-bond donors (Lipinski definition) is 2. The zero-order valence-corrected chi connectivity index (χ0v) is 12.6. The molecule has 0 aliphatic heterocycles. The topological polar surface area (TPSA) is 49.3 Å². The van der Waals surface area contributed by atoms with Gasteiger partial charge in [-0.05, 0) is 43.5 Å². The number of aryl methyl sites for hydroxylation is 1. The van der Waals surface area contributed by atoms with Crippen molar-refractivity contribution in [1.29, 1.82) is 0 Å². The Labute approximate surface area is 129 Å². The number of rotatable bonds is 5. The first-order valence-electron chi connectivity index (χ1n) is 6.89. The molecular formula is C17H18ClNO2. The summed E-state index contributed by atoms with van der Waals surface area (Å²) in [5.41, 5.74) is 1.70. The SMILES string of the molecule is CC(CCc1ccccc1)NC(=O)c1ccc(O)c(Cl)c1. The fourth-order valence-electron chi connectivity index (χ4n) is 2.06. The highest BCUT2D eigenvalue weighted by molar-refractivity contribution is 6.32. The quantitative estimate of drug-likeness (QED) is 0.882. The molecule has 0 aliphatic rings. The molecule has 0 radical (unpaired) electrons. The Kier molecular flexibility index (Phi) is 5.23. The van der Waals surface area contributed by atoms with Crippen molar-refractivity contribution in [2.75, 3.05) is 0 Å². The van der Waals surface area contributed by atoms with Crippen LogP contribution in [0, 0.1) is 0 Å². The largest absolute Gasteiger partial charge is 0.506 e. The molecule has 2 rings (SSSR count). The van der Waals surface area contributed by atoms with Crippen molar-refractivity contribution in [1.82, 2.24) is 5.32 Å². The smallest absolute Gasteiger partial charge is 0.251 e. The fourth-order valence-corrected chi connectivity index (χ4v) is 2.24. The predicted octanol–water partition coefficient (Wildman–Crippen LogP) is 3.80. The lowest BCUT2D eigenvalue weighted by molar-refractivity contribution is 0.0938. The van der Waals surface area contributed by atoms with Crippen LogP contribution in [0.1, 0.15) is 29.3 Å². The maximum Gasteiger partial charge on any atom is 0.251 e. The van der Waals surface area contributed by atoms with Crippen molar-refractivity contribution < 1.29 is 9.90 Å². The lowest BCUT2D eigenvalue weighted by Gasteiger charge is -2.14. The molecule has 0 aliphatic carbocycles. The molecule has 0 fully saturated rings. The molecule has 0 aromatic heterocycles. The maximum atomic E-state index is 12.1. The average molecular weight is 304 g/mol. The molecule has 21 heavy (non-hydrogen) atoms. The van der Waals surface area contributed by atoms with E-state index in [1.807, 2.05) is 25.1 Å². The van der Waals surface area contributed by atoms with Gasteiger partial charge < -0.3 is 10.4 Å². The Morgan fingerprint density at radius 3 is 2.62 bits per heavy atom. The van der Waals surface area contributed by atoms with Gasteiger partial charge >= 0.3 is 0 Å². The molecule has 0 heterocycles. The zero-order chi connectivity index (χ0) is 15.2. The summed E-state index contributed by atoms with van der Waals surface area (Å²) in [7, 11) is 0. The van der Waals surface area contributed by atoms with Gasteiger partial charge in [-0.25, -0.2) is 0 Å². The van der Waals surface area contributed by atoms with Crippen molar-refractivity contribution in [2.45, 2.75) is 25.8 Å². The molecule has 0 bridgehead atoms. The summed E-state index contributed by atoms with van der Waals surface area (Å²) in [5.74, 6) is -0.206. The van der Waals surface area contributed by atoms with E-state index in [1.54, 1.807) is 6.07 Å². The molecule has 4 heteroatoms. The van der Waals surface area contributed by atoms with Gasteiger partial charge in [0.15, 0.2) is 0 Å². The molecule has 1 unspecified atom stereocenters. The number of halogens is 1. The molecule has 0 saturated carbocycles. The lowest BCUT2D eigenvalue weighted by Crippen LogP contribution is -2.32.